The van der Waals surface area contributed by atoms with Gasteiger partial charge in [-0.2, -0.15) is 0 Å². The molecule has 8 heteroatoms. The highest BCUT2D eigenvalue weighted by atomic mass is 32.2. The zero-order chi connectivity index (χ0) is 23.2. The molecule has 2 aromatic carbocycles. The number of halogens is 1. The van der Waals surface area contributed by atoms with E-state index in [1.165, 1.54) is 47.7 Å². The standard InChI is InChI=1S/C25H29FN4O2S/c1-18-8-4-5-14-29(18)15-7-13-27-23(31)17-33-25-28-22-12-3-2-11-21(22)24(32)30(25)20-10-6-9-19(26)16-20/h2-3,6,9-12,16,18H,4-5,7-8,13-15,17H2,1H3,(H,27,31). The van der Waals surface area contributed by atoms with Crippen molar-refractivity contribution >= 4 is 28.6 Å². The van der Waals surface area contributed by atoms with E-state index in [-0.39, 0.29) is 17.2 Å². The van der Waals surface area contributed by atoms with Crippen LogP contribution in [0.2, 0.25) is 0 Å². The van der Waals surface area contributed by atoms with Crippen LogP contribution in [-0.4, -0.2) is 51.8 Å². The summed E-state index contributed by atoms with van der Waals surface area (Å²) in [6.07, 6.45) is 4.70. The van der Waals surface area contributed by atoms with Crippen LogP contribution in [-0.2, 0) is 4.79 Å². The third kappa shape index (κ3) is 5.81. The maximum Gasteiger partial charge on any atom is 0.266 e. The largest absolute Gasteiger partial charge is 0.355 e. The lowest BCUT2D eigenvalue weighted by atomic mass is 10.0. The summed E-state index contributed by atoms with van der Waals surface area (Å²) in [5.74, 6) is -0.426. The average Bonchev–Trinajstić information content (AvgIpc) is 2.81. The number of aromatic nitrogens is 2. The van der Waals surface area contributed by atoms with E-state index >= 15 is 0 Å². The summed E-state index contributed by atoms with van der Waals surface area (Å²) < 4.78 is 15.2. The van der Waals surface area contributed by atoms with Gasteiger partial charge in [-0.3, -0.25) is 14.2 Å². The van der Waals surface area contributed by atoms with Gasteiger partial charge in [0.25, 0.3) is 5.56 Å². The van der Waals surface area contributed by atoms with Crippen LogP contribution in [0, 0.1) is 5.82 Å². The molecule has 0 aliphatic carbocycles. The molecule has 0 radical (unpaired) electrons. The van der Waals surface area contributed by atoms with Crippen molar-refractivity contribution in [2.45, 2.75) is 43.8 Å². The van der Waals surface area contributed by atoms with Gasteiger partial charge in [0.2, 0.25) is 5.91 Å². The highest BCUT2D eigenvalue weighted by Gasteiger charge is 2.18. The molecular formula is C25H29FN4O2S. The molecule has 2 heterocycles. The van der Waals surface area contributed by atoms with Gasteiger partial charge in [0.1, 0.15) is 5.82 Å². The molecule has 0 spiro atoms. The molecule has 33 heavy (non-hydrogen) atoms. The Morgan fingerprint density at radius 3 is 2.88 bits per heavy atom. The lowest BCUT2D eigenvalue weighted by molar-refractivity contribution is -0.118. The molecular weight excluding hydrogens is 439 g/mol. The lowest BCUT2D eigenvalue weighted by Crippen LogP contribution is -2.39. The molecule has 1 unspecified atom stereocenters. The number of likely N-dealkylation sites (tertiary alicyclic amines) is 1. The maximum absolute atomic E-state index is 13.9. The number of para-hydroxylation sites is 1. The fourth-order valence-electron chi connectivity index (χ4n) is 4.23. The first-order valence-corrected chi connectivity index (χ1v) is 12.4. The number of nitrogens with one attached hydrogen (secondary N) is 1. The first-order valence-electron chi connectivity index (χ1n) is 11.4. The summed E-state index contributed by atoms with van der Waals surface area (Å²) in [7, 11) is 0. The second kappa shape index (κ2) is 10.9. The van der Waals surface area contributed by atoms with Gasteiger partial charge in [-0.25, -0.2) is 9.37 Å². The minimum absolute atomic E-state index is 0.111. The summed E-state index contributed by atoms with van der Waals surface area (Å²) in [6.45, 7) is 5.00. The van der Waals surface area contributed by atoms with E-state index in [0.29, 0.717) is 34.3 Å². The Bertz CT molecular complexity index is 1180. The van der Waals surface area contributed by atoms with E-state index in [1.807, 2.05) is 6.07 Å². The summed E-state index contributed by atoms with van der Waals surface area (Å²) in [4.78, 5) is 32.7. The van der Waals surface area contributed by atoms with Crippen LogP contribution in [0.5, 0.6) is 0 Å². The first kappa shape index (κ1) is 23.4. The Balaban J connectivity index is 1.43. The highest BCUT2D eigenvalue weighted by molar-refractivity contribution is 7.99. The Hall–Kier alpha value is -2.71. The molecule has 1 amide bonds. The number of carbonyl (C=O) groups is 1. The quantitative estimate of drug-likeness (QED) is 0.308. The maximum atomic E-state index is 13.9. The summed E-state index contributed by atoms with van der Waals surface area (Å²) in [5, 5.41) is 3.78. The molecule has 0 bridgehead atoms. The van der Waals surface area contributed by atoms with Crippen molar-refractivity contribution in [3.05, 3.63) is 64.7 Å². The molecule has 3 aromatic rings. The van der Waals surface area contributed by atoms with Crippen molar-refractivity contribution in [1.29, 1.82) is 0 Å². The number of fused-ring (bicyclic) bond motifs is 1. The molecule has 1 aliphatic rings. The number of nitrogens with zero attached hydrogens (tertiary/aromatic N) is 3. The second-order valence-corrected chi connectivity index (χ2v) is 9.35. The zero-order valence-corrected chi connectivity index (χ0v) is 19.6. The number of amides is 1. The molecule has 1 N–H and O–H groups in total. The minimum atomic E-state index is -0.440. The average molecular weight is 469 g/mol. The molecule has 1 atom stereocenters. The third-order valence-electron chi connectivity index (χ3n) is 6.03. The van der Waals surface area contributed by atoms with Crippen LogP contribution < -0.4 is 10.9 Å². The van der Waals surface area contributed by atoms with Crippen LogP contribution >= 0.6 is 11.8 Å². The SMILES string of the molecule is CC1CCCCN1CCCNC(=O)CSc1nc2ccccc2c(=O)n1-c1cccc(F)c1. The number of rotatable bonds is 8. The summed E-state index contributed by atoms with van der Waals surface area (Å²) in [5.41, 5.74) is 0.648. The third-order valence-corrected chi connectivity index (χ3v) is 6.97. The number of benzene rings is 2. The van der Waals surface area contributed by atoms with Crippen molar-refractivity contribution in [2.24, 2.45) is 0 Å². The van der Waals surface area contributed by atoms with E-state index < -0.39 is 5.82 Å². The number of hydrogen-bond acceptors (Lipinski definition) is 5. The van der Waals surface area contributed by atoms with Crippen molar-refractivity contribution in [3.8, 4) is 5.69 Å². The predicted octanol–water partition coefficient (Wildman–Crippen LogP) is 4.00. The fourth-order valence-corrected chi connectivity index (χ4v) is 5.08. The van der Waals surface area contributed by atoms with Crippen LogP contribution in [0.3, 0.4) is 0 Å². The number of hydrogen-bond donors (Lipinski definition) is 1. The highest BCUT2D eigenvalue weighted by Crippen LogP contribution is 2.22. The van der Waals surface area contributed by atoms with Crippen LogP contribution in [0.15, 0.2) is 58.5 Å². The number of piperidine rings is 1. The van der Waals surface area contributed by atoms with E-state index in [2.05, 4.69) is 22.1 Å². The minimum Gasteiger partial charge on any atom is -0.355 e. The van der Waals surface area contributed by atoms with Gasteiger partial charge in [-0.1, -0.05) is 36.4 Å². The van der Waals surface area contributed by atoms with Crippen molar-refractivity contribution in [3.63, 3.8) is 0 Å². The zero-order valence-electron chi connectivity index (χ0n) is 18.8. The Labute approximate surface area is 197 Å². The molecule has 1 fully saturated rings. The normalized spacial score (nSPS) is 16.7. The van der Waals surface area contributed by atoms with Crippen LogP contribution in [0.4, 0.5) is 4.39 Å². The Morgan fingerprint density at radius 2 is 2.06 bits per heavy atom. The smallest absolute Gasteiger partial charge is 0.266 e. The van der Waals surface area contributed by atoms with Crippen molar-refractivity contribution < 1.29 is 9.18 Å². The topological polar surface area (TPSA) is 67.2 Å². The first-order chi connectivity index (χ1) is 16.0. The van der Waals surface area contributed by atoms with Gasteiger partial charge in [-0.05, 0) is 63.1 Å². The molecule has 1 aliphatic heterocycles. The van der Waals surface area contributed by atoms with Gasteiger partial charge in [-0.15, -0.1) is 0 Å². The number of carbonyl (C=O) groups excluding carboxylic acids is 1. The van der Waals surface area contributed by atoms with E-state index in [1.54, 1.807) is 30.3 Å². The molecule has 0 saturated carbocycles. The Morgan fingerprint density at radius 1 is 1.21 bits per heavy atom. The van der Waals surface area contributed by atoms with Gasteiger partial charge in [0, 0.05) is 19.1 Å². The van der Waals surface area contributed by atoms with E-state index in [9.17, 15) is 14.0 Å². The molecule has 174 valence electrons. The Kier molecular flexibility index (Phi) is 7.77. The molecule has 4 rings (SSSR count). The van der Waals surface area contributed by atoms with Crippen molar-refractivity contribution in [1.82, 2.24) is 19.8 Å². The summed E-state index contributed by atoms with van der Waals surface area (Å²) in [6, 6.07) is 13.5. The lowest BCUT2D eigenvalue weighted by Gasteiger charge is -2.33. The van der Waals surface area contributed by atoms with Crippen molar-refractivity contribution in [2.75, 3.05) is 25.4 Å². The van der Waals surface area contributed by atoms with Gasteiger partial charge in [0.05, 0.1) is 22.3 Å². The van der Waals surface area contributed by atoms with Gasteiger partial charge in [0.15, 0.2) is 5.16 Å². The predicted molar refractivity (Wildman–Crippen MR) is 131 cm³/mol. The molecule has 6 nitrogen and oxygen atoms in total. The van der Waals surface area contributed by atoms with Gasteiger partial charge < -0.3 is 10.2 Å². The van der Waals surface area contributed by atoms with Crippen LogP contribution in [0.1, 0.15) is 32.6 Å². The number of thioether (sulfide) groups is 1. The van der Waals surface area contributed by atoms with Crippen LogP contribution in [0.25, 0.3) is 16.6 Å². The monoisotopic (exact) mass is 468 g/mol. The van der Waals surface area contributed by atoms with Gasteiger partial charge >= 0.3 is 0 Å². The second-order valence-electron chi connectivity index (χ2n) is 8.40. The summed E-state index contributed by atoms with van der Waals surface area (Å²) >= 11 is 1.18. The van der Waals surface area contributed by atoms with E-state index in [4.69, 9.17) is 0 Å². The molecule has 1 aromatic heterocycles. The molecule has 1 saturated heterocycles. The fraction of sp³-hybridized carbons (Fsp3) is 0.400. The van der Waals surface area contributed by atoms with E-state index in [0.717, 1.165) is 19.5 Å².